The van der Waals surface area contributed by atoms with Gasteiger partial charge in [-0.15, -0.1) is 0 Å². The number of aliphatic hydroxyl groups is 1. The number of aromatic nitrogens is 2. The second-order valence-electron chi connectivity index (χ2n) is 3.57. The van der Waals surface area contributed by atoms with E-state index >= 15 is 0 Å². The first-order chi connectivity index (χ1) is 7.81. The van der Waals surface area contributed by atoms with Gasteiger partial charge in [-0.25, -0.2) is 4.68 Å². The van der Waals surface area contributed by atoms with Crippen LogP contribution in [0.2, 0.25) is 5.02 Å². The Morgan fingerprint density at radius 3 is 2.88 bits per heavy atom. The maximum Gasteiger partial charge on any atom is 0.0831 e. The highest BCUT2D eigenvalue weighted by molar-refractivity contribution is 6.32. The summed E-state index contributed by atoms with van der Waals surface area (Å²) in [4.78, 5) is 0. The van der Waals surface area contributed by atoms with Crippen LogP contribution in [0.1, 0.15) is 12.0 Å². The van der Waals surface area contributed by atoms with Gasteiger partial charge < -0.3 is 5.11 Å². The van der Waals surface area contributed by atoms with Gasteiger partial charge >= 0.3 is 0 Å². The summed E-state index contributed by atoms with van der Waals surface area (Å²) in [6, 6.07) is 7.58. The van der Waals surface area contributed by atoms with E-state index in [1.165, 1.54) is 0 Å². The molecule has 1 aromatic heterocycles. The predicted octanol–water partition coefficient (Wildman–Crippen LogP) is 2.45. The quantitative estimate of drug-likeness (QED) is 0.886. The summed E-state index contributed by atoms with van der Waals surface area (Å²) in [7, 11) is 0. The minimum Gasteiger partial charge on any atom is -0.396 e. The maximum atomic E-state index is 8.75. The van der Waals surface area contributed by atoms with Gasteiger partial charge in [0.15, 0.2) is 0 Å². The molecule has 84 valence electrons. The zero-order chi connectivity index (χ0) is 11.4. The van der Waals surface area contributed by atoms with E-state index in [0.29, 0.717) is 5.02 Å². The smallest absolute Gasteiger partial charge is 0.0831 e. The Balaban J connectivity index is 2.22. The molecule has 0 amide bonds. The van der Waals surface area contributed by atoms with Gasteiger partial charge in [-0.2, -0.15) is 5.10 Å². The van der Waals surface area contributed by atoms with Crippen LogP contribution in [0.25, 0.3) is 5.69 Å². The maximum absolute atomic E-state index is 8.75. The second kappa shape index (κ2) is 5.14. The Labute approximate surface area is 99.3 Å². The lowest BCUT2D eigenvalue weighted by Gasteiger charge is -2.02. The summed E-state index contributed by atoms with van der Waals surface area (Å²) in [6.45, 7) is 0.206. The van der Waals surface area contributed by atoms with Crippen molar-refractivity contribution >= 4 is 11.6 Å². The van der Waals surface area contributed by atoms with E-state index < -0.39 is 0 Å². The van der Waals surface area contributed by atoms with Gasteiger partial charge in [0, 0.05) is 12.8 Å². The van der Waals surface area contributed by atoms with Gasteiger partial charge in [0.2, 0.25) is 0 Å². The van der Waals surface area contributed by atoms with Crippen LogP contribution >= 0.6 is 11.6 Å². The number of hydrogen-bond acceptors (Lipinski definition) is 2. The molecule has 3 nitrogen and oxygen atoms in total. The lowest BCUT2D eigenvalue weighted by atomic mass is 10.2. The van der Waals surface area contributed by atoms with Crippen LogP contribution in [-0.4, -0.2) is 21.5 Å². The zero-order valence-corrected chi connectivity index (χ0v) is 9.56. The molecule has 1 N–H and O–H groups in total. The molecule has 4 heteroatoms. The van der Waals surface area contributed by atoms with Crippen molar-refractivity contribution in [1.82, 2.24) is 9.78 Å². The molecule has 0 atom stereocenters. The van der Waals surface area contributed by atoms with Crippen molar-refractivity contribution in [2.45, 2.75) is 12.8 Å². The number of halogens is 1. The highest BCUT2D eigenvalue weighted by atomic mass is 35.5. The minimum atomic E-state index is 0.206. The standard InChI is InChI=1S/C12H13ClN2O/c13-11-5-1-2-6-12(11)15-9-10(8-14-15)4-3-7-16/h1-2,5-6,8-9,16H,3-4,7H2. The van der Waals surface area contributed by atoms with Crippen LogP contribution in [0, 0.1) is 0 Å². The SMILES string of the molecule is OCCCc1cnn(-c2ccccc2Cl)c1. The minimum absolute atomic E-state index is 0.206. The van der Waals surface area contributed by atoms with Crippen LogP contribution in [0.4, 0.5) is 0 Å². The fourth-order valence-electron chi connectivity index (χ4n) is 1.54. The van der Waals surface area contributed by atoms with Crippen molar-refractivity contribution in [1.29, 1.82) is 0 Å². The average Bonchev–Trinajstić information content (AvgIpc) is 2.75. The summed E-state index contributed by atoms with van der Waals surface area (Å²) in [6.07, 6.45) is 5.34. The molecule has 0 fully saturated rings. The molecule has 0 bridgehead atoms. The number of hydrogen-bond donors (Lipinski definition) is 1. The molecule has 1 heterocycles. The van der Waals surface area contributed by atoms with E-state index in [-0.39, 0.29) is 6.61 Å². The summed E-state index contributed by atoms with van der Waals surface area (Å²) in [5.74, 6) is 0. The molecule has 0 spiro atoms. The third-order valence-corrected chi connectivity index (χ3v) is 2.68. The molecular formula is C12H13ClN2O. The van der Waals surface area contributed by atoms with Gasteiger partial charge in [-0.1, -0.05) is 23.7 Å². The number of nitrogens with zero attached hydrogens (tertiary/aromatic N) is 2. The van der Waals surface area contributed by atoms with Crippen molar-refractivity contribution in [3.8, 4) is 5.69 Å². The van der Waals surface area contributed by atoms with E-state index in [1.807, 2.05) is 30.5 Å². The van der Waals surface area contributed by atoms with Gasteiger partial charge in [0.05, 0.1) is 16.9 Å². The van der Waals surface area contributed by atoms with Crippen LogP contribution in [0.5, 0.6) is 0 Å². The van der Waals surface area contributed by atoms with Crippen molar-refractivity contribution < 1.29 is 5.11 Å². The first-order valence-corrected chi connectivity index (χ1v) is 5.58. The molecule has 2 aromatic rings. The number of aryl methyl sites for hydroxylation is 1. The topological polar surface area (TPSA) is 38.1 Å². The number of benzene rings is 1. The summed E-state index contributed by atoms with van der Waals surface area (Å²) >= 11 is 6.07. The van der Waals surface area contributed by atoms with Gasteiger partial charge in [-0.05, 0) is 30.5 Å². The molecule has 1 aromatic carbocycles. The first kappa shape index (κ1) is 11.2. The first-order valence-electron chi connectivity index (χ1n) is 5.20. The molecule has 0 radical (unpaired) electrons. The van der Waals surface area contributed by atoms with Gasteiger partial charge in [0.1, 0.15) is 0 Å². The second-order valence-corrected chi connectivity index (χ2v) is 3.98. The van der Waals surface area contributed by atoms with Crippen LogP contribution < -0.4 is 0 Å². The van der Waals surface area contributed by atoms with Crippen LogP contribution in [-0.2, 0) is 6.42 Å². The molecule has 0 aliphatic rings. The van der Waals surface area contributed by atoms with E-state index in [9.17, 15) is 0 Å². The third kappa shape index (κ3) is 2.43. The monoisotopic (exact) mass is 236 g/mol. The third-order valence-electron chi connectivity index (χ3n) is 2.36. The molecule has 0 aliphatic carbocycles. The zero-order valence-electron chi connectivity index (χ0n) is 8.81. The number of aliphatic hydroxyl groups excluding tert-OH is 1. The van der Waals surface area contributed by atoms with E-state index in [1.54, 1.807) is 10.9 Å². The molecule has 2 rings (SSSR count). The normalized spacial score (nSPS) is 10.6. The van der Waals surface area contributed by atoms with Crippen molar-refractivity contribution in [3.63, 3.8) is 0 Å². The molecular weight excluding hydrogens is 224 g/mol. The van der Waals surface area contributed by atoms with Crippen molar-refractivity contribution in [2.24, 2.45) is 0 Å². The highest BCUT2D eigenvalue weighted by Gasteiger charge is 2.03. The number of rotatable bonds is 4. The van der Waals surface area contributed by atoms with E-state index in [0.717, 1.165) is 24.1 Å². The summed E-state index contributed by atoms with van der Waals surface area (Å²) in [5, 5.41) is 13.7. The van der Waals surface area contributed by atoms with Gasteiger partial charge in [-0.3, -0.25) is 0 Å². The Morgan fingerprint density at radius 2 is 2.12 bits per heavy atom. The lowest BCUT2D eigenvalue weighted by Crippen LogP contribution is -1.94. The van der Waals surface area contributed by atoms with Crippen molar-refractivity contribution in [2.75, 3.05) is 6.61 Å². The largest absolute Gasteiger partial charge is 0.396 e. The van der Waals surface area contributed by atoms with E-state index in [2.05, 4.69) is 5.10 Å². The molecule has 0 unspecified atom stereocenters. The Hall–Kier alpha value is -1.32. The molecule has 0 saturated carbocycles. The lowest BCUT2D eigenvalue weighted by molar-refractivity contribution is 0.288. The fourth-order valence-corrected chi connectivity index (χ4v) is 1.76. The Kier molecular flexibility index (Phi) is 3.59. The summed E-state index contributed by atoms with van der Waals surface area (Å²) in [5.41, 5.74) is 1.98. The van der Waals surface area contributed by atoms with Crippen molar-refractivity contribution in [3.05, 3.63) is 47.2 Å². The van der Waals surface area contributed by atoms with E-state index in [4.69, 9.17) is 16.7 Å². The van der Waals surface area contributed by atoms with Crippen LogP contribution in [0.3, 0.4) is 0 Å². The number of para-hydroxylation sites is 1. The molecule has 16 heavy (non-hydrogen) atoms. The van der Waals surface area contributed by atoms with Gasteiger partial charge in [0.25, 0.3) is 0 Å². The Morgan fingerprint density at radius 1 is 1.31 bits per heavy atom. The Bertz CT molecular complexity index is 468. The fraction of sp³-hybridized carbons (Fsp3) is 0.250. The molecule has 0 saturated heterocycles. The summed E-state index contributed by atoms with van der Waals surface area (Å²) < 4.78 is 1.76. The predicted molar refractivity (Wildman–Crippen MR) is 64.0 cm³/mol. The van der Waals surface area contributed by atoms with Crippen LogP contribution in [0.15, 0.2) is 36.7 Å². The highest BCUT2D eigenvalue weighted by Crippen LogP contribution is 2.19. The average molecular weight is 237 g/mol. The molecule has 0 aliphatic heterocycles.